The predicted molar refractivity (Wildman–Crippen MR) is 181 cm³/mol. The van der Waals surface area contributed by atoms with Crippen molar-refractivity contribution in [3.05, 3.63) is 59.2 Å². The van der Waals surface area contributed by atoms with Gasteiger partial charge in [-0.25, -0.2) is 4.79 Å². The third-order valence-electron chi connectivity index (χ3n) is 8.34. The molecule has 2 aromatic carbocycles. The zero-order chi connectivity index (χ0) is 34.5. The minimum absolute atomic E-state index is 0.0281. The molecule has 4 N–H and O–H groups in total. The number of fused-ring (bicyclic) bond motifs is 1. The lowest BCUT2D eigenvalue weighted by Crippen LogP contribution is -2.52. The molecular weight excluding hydrogens is 616 g/mol. The van der Waals surface area contributed by atoms with Crippen LogP contribution in [-0.4, -0.2) is 79.4 Å². The summed E-state index contributed by atoms with van der Waals surface area (Å²) >= 11 is 0. The zero-order valence-corrected chi connectivity index (χ0v) is 28.3. The SMILES string of the molecule is CC(C)(C)C[C@@H](NC(=O)O)c1cccc(OCCCCCCOCCOCCNc2cccc3c2CN(C2CCC(=O)NC2=O)C3=O)c1. The Hall–Kier alpha value is -4.16. The zero-order valence-electron chi connectivity index (χ0n) is 28.3. The van der Waals surface area contributed by atoms with Gasteiger partial charge in [0.1, 0.15) is 11.8 Å². The van der Waals surface area contributed by atoms with Crippen molar-refractivity contribution in [1.29, 1.82) is 0 Å². The highest BCUT2D eigenvalue weighted by molar-refractivity contribution is 6.06. The number of ether oxygens (including phenoxy) is 3. The van der Waals surface area contributed by atoms with Crippen LogP contribution in [0, 0.1) is 5.41 Å². The molecule has 2 aliphatic rings. The first kappa shape index (κ1) is 36.7. The molecule has 0 spiro atoms. The number of hydrogen-bond acceptors (Lipinski definition) is 8. The van der Waals surface area contributed by atoms with E-state index in [4.69, 9.17) is 14.2 Å². The fourth-order valence-electron chi connectivity index (χ4n) is 6.02. The summed E-state index contributed by atoms with van der Waals surface area (Å²) in [6.07, 6.45) is 4.16. The van der Waals surface area contributed by atoms with Gasteiger partial charge in [-0.3, -0.25) is 19.7 Å². The van der Waals surface area contributed by atoms with E-state index in [2.05, 4.69) is 36.7 Å². The molecule has 0 radical (unpaired) electrons. The number of nitrogens with zero attached hydrogens (tertiary/aromatic N) is 1. The number of carboxylic acid groups (broad SMARTS) is 1. The van der Waals surface area contributed by atoms with E-state index < -0.39 is 18.0 Å². The fraction of sp³-hybridized carbons (Fsp3) is 0.556. The normalized spacial score (nSPS) is 16.8. The Morgan fingerprint density at radius 2 is 1.71 bits per heavy atom. The summed E-state index contributed by atoms with van der Waals surface area (Å²) < 4.78 is 17.4. The first-order chi connectivity index (χ1) is 23.0. The van der Waals surface area contributed by atoms with Crippen LogP contribution in [0.4, 0.5) is 10.5 Å². The molecule has 2 aliphatic heterocycles. The number of carbonyl (C=O) groups is 4. The van der Waals surface area contributed by atoms with Crippen LogP contribution in [0.25, 0.3) is 0 Å². The standard InChI is InChI=1S/C36H50N4O8/c1-36(2,3)23-30(38-35(44)45)25-10-8-11-26(22-25)48-18-7-5-4-6-17-46-20-21-47-19-16-37-29-13-9-12-27-28(29)24-40(34(27)43)31-14-15-32(41)39-33(31)42/h8-13,22,30-31,37-38H,4-7,14-21,23-24H2,1-3H3,(H,44,45)(H,39,41,42)/t30-,31?/m1/s1. The lowest BCUT2D eigenvalue weighted by Gasteiger charge is -2.29. The molecule has 2 aromatic rings. The number of nitrogens with one attached hydrogen (secondary N) is 3. The van der Waals surface area contributed by atoms with E-state index in [0.717, 1.165) is 48.2 Å². The van der Waals surface area contributed by atoms with Crippen molar-refractivity contribution in [2.75, 3.05) is 44.9 Å². The number of rotatable bonds is 19. The van der Waals surface area contributed by atoms with Gasteiger partial charge in [0.15, 0.2) is 0 Å². The molecule has 1 unspecified atom stereocenters. The molecule has 1 saturated heterocycles. The van der Waals surface area contributed by atoms with Crippen LogP contribution < -0.4 is 20.7 Å². The van der Waals surface area contributed by atoms with Gasteiger partial charge in [-0.05, 0) is 67.3 Å². The maximum Gasteiger partial charge on any atom is 0.405 e. The smallest absolute Gasteiger partial charge is 0.405 e. The van der Waals surface area contributed by atoms with E-state index in [1.54, 1.807) is 11.0 Å². The van der Waals surface area contributed by atoms with E-state index >= 15 is 0 Å². The van der Waals surface area contributed by atoms with E-state index in [-0.39, 0.29) is 29.7 Å². The summed E-state index contributed by atoms with van der Waals surface area (Å²) in [6.45, 7) is 9.92. The van der Waals surface area contributed by atoms with E-state index in [1.807, 2.05) is 36.4 Å². The number of anilines is 1. The van der Waals surface area contributed by atoms with Gasteiger partial charge in [-0.15, -0.1) is 0 Å². The molecule has 2 atom stereocenters. The molecule has 0 aliphatic carbocycles. The topological polar surface area (TPSA) is 156 Å². The van der Waals surface area contributed by atoms with Gasteiger partial charge in [-0.1, -0.05) is 45.4 Å². The van der Waals surface area contributed by atoms with Gasteiger partial charge in [-0.2, -0.15) is 0 Å². The lowest BCUT2D eigenvalue weighted by atomic mass is 9.85. The second-order valence-electron chi connectivity index (χ2n) is 13.5. The summed E-state index contributed by atoms with van der Waals surface area (Å²) in [5, 5.41) is 17.6. The summed E-state index contributed by atoms with van der Waals surface area (Å²) in [4.78, 5) is 49.7. The quantitative estimate of drug-likeness (QED) is 0.116. The van der Waals surface area contributed by atoms with Gasteiger partial charge in [0.05, 0.1) is 32.5 Å². The molecule has 48 heavy (non-hydrogen) atoms. The molecular formula is C36H50N4O8. The van der Waals surface area contributed by atoms with Crippen LogP contribution in [0.2, 0.25) is 0 Å². The fourth-order valence-corrected chi connectivity index (χ4v) is 6.02. The van der Waals surface area contributed by atoms with Crippen LogP contribution in [0.3, 0.4) is 0 Å². The number of carbonyl (C=O) groups excluding carboxylic acids is 3. The number of benzene rings is 2. The number of amides is 4. The summed E-state index contributed by atoms with van der Waals surface area (Å²) in [5.41, 5.74) is 3.14. The molecule has 4 rings (SSSR count). The second kappa shape index (κ2) is 17.8. The Balaban J connectivity index is 1.02. The molecule has 1 fully saturated rings. The van der Waals surface area contributed by atoms with Crippen molar-refractivity contribution in [3.8, 4) is 5.75 Å². The molecule has 0 aromatic heterocycles. The van der Waals surface area contributed by atoms with Crippen molar-refractivity contribution < 1.29 is 38.5 Å². The van der Waals surface area contributed by atoms with E-state index in [0.29, 0.717) is 64.5 Å². The van der Waals surface area contributed by atoms with Gasteiger partial charge < -0.3 is 34.9 Å². The summed E-state index contributed by atoms with van der Waals surface area (Å²) in [7, 11) is 0. The number of piperidine rings is 1. The Morgan fingerprint density at radius 3 is 2.44 bits per heavy atom. The predicted octanol–water partition coefficient (Wildman–Crippen LogP) is 5.28. The molecule has 12 heteroatoms. The Bertz CT molecular complexity index is 1410. The van der Waals surface area contributed by atoms with Crippen LogP contribution in [0.5, 0.6) is 5.75 Å². The first-order valence-electron chi connectivity index (χ1n) is 16.9. The van der Waals surface area contributed by atoms with Crippen molar-refractivity contribution in [3.63, 3.8) is 0 Å². The van der Waals surface area contributed by atoms with Crippen molar-refractivity contribution in [1.82, 2.24) is 15.5 Å². The van der Waals surface area contributed by atoms with Crippen LogP contribution in [-0.2, 0) is 25.6 Å². The molecule has 0 bridgehead atoms. The third kappa shape index (κ3) is 11.2. The first-order valence-corrected chi connectivity index (χ1v) is 16.9. The highest BCUT2D eigenvalue weighted by Gasteiger charge is 2.39. The highest BCUT2D eigenvalue weighted by atomic mass is 16.5. The third-order valence-corrected chi connectivity index (χ3v) is 8.34. The number of imide groups is 1. The van der Waals surface area contributed by atoms with Crippen molar-refractivity contribution >= 4 is 29.5 Å². The lowest BCUT2D eigenvalue weighted by molar-refractivity contribution is -0.136. The van der Waals surface area contributed by atoms with Gasteiger partial charge in [0.2, 0.25) is 11.8 Å². The largest absolute Gasteiger partial charge is 0.494 e. The minimum atomic E-state index is -1.03. The maximum absolute atomic E-state index is 13.0. The number of hydrogen-bond donors (Lipinski definition) is 4. The Labute approximate surface area is 282 Å². The molecule has 0 saturated carbocycles. The summed E-state index contributed by atoms with van der Waals surface area (Å²) in [5.74, 6) is -0.159. The Kier molecular flexibility index (Phi) is 13.6. The van der Waals surface area contributed by atoms with E-state index in [9.17, 15) is 24.3 Å². The van der Waals surface area contributed by atoms with Crippen molar-refractivity contribution in [2.45, 2.75) is 84.3 Å². The second-order valence-corrected chi connectivity index (χ2v) is 13.5. The summed E-state index contributed by atoms with van der Waals surface area (Å²) in [6, 6.07) is 12.2. The maximum atomic E-state index is 13.0. The number of unbranched alkanes of at least 4 members (excludes halogenated alkanes) is 3. The van der Waals surface area contributed by atoms with Crippen LogP contribution >= 0.6 is 0 Å². The molecule has 4 amide bonds. The van der Waals surface area contributed by atoms with Crippen LogP contribution in [0.15, 0.2) is 42.5 Å². The van der Waals surface area contributed by atoms with Gasteiger partial charge in [0.25, 0.3) is 5.91 Å². The highest BCUT2D eigenvalue weighted by Crippen LogP contribution is 2.33. The Morgan fingerprint density at radius 1 is 0.979 bits per heavy atom. The molecule has 2 heterocycles. The van der Waals surface area contributed by atoms with Crippen LogP contribution in [0.1, 0.15) is 93.2 Å². The van der Waals surface area contributed by atoms with Gasteiger partial charge >= 0.3 is 6.09 Å². The monoisotopic (exact) mass is 666 g/mol. The molecule has 12 nitrogen and oxygen atoms in total. The minimum Gasteiger partial charge on any atom is -0.494 e. The van der Waals surface area contributed by atoms with Gasteiger partial charge in [0, 0.05) is 42.9 Å². The molecule has 262 valence electrons. The van der Waals surface area contributed by atoms with Crippen molar-refractivity contribution in [2.24, 2.45) is 5.41 Å². The average Bonchev–Trinajstić information content (AvgIpc) is 3.36. The average molecular weight is 667 g/mol. The van der Waals surface area contributed by atoms with E-state index in [1.165, 1.54) is 0 Å².